The monoisotopic (exact) mass is 405 g/mol. The van der Waals surface area contributed by atoms with E-state index in [1.165, 1.54) is 0 Å². The lowest BCUT2D eigenvalue weighted by atomic mass is 9.95. The third-order valence-electron chi connectivity index (χ3n) is 4.80. The van der Waals surface area contributed by atoms with Gasteiger partial charge in [-0.1, -0.05) is 12.1 Å². The molecule has 2 bridgehead atoms. The molecule has 138 valence electrons. The van der Waals surface area contributed by atoms with Gasteiger partial charge < -0.3 is 19.1 Å². The first-order chi connectivity index (χ1) is 17.6. The van der Waals surface area contributed by atoms with Crippen molar-refractivity contribution in [3.8, 4) is 0 Å². The molecule has 2 aromatic heterocycles. The van der Waals surface area contributed by atoms with E-state index in [-0.39, 0.29) is 0 Å². The summed E-state index contributed by atoms with van der Waals surface area (Å²) >= 11 is 0.777. The van der Waals surface area contributed by atoms with E-state index in [9.17, 15) is 9.90 Å². The summed E-state index contributed by atoms with van der Waals surface area (Å²) < 4.78 is 117. The van der Waals surface area contributed by atoms with Crippen LogP contribution in [0.1, 0.15) is 40.4 Å². The Morgan fingerprint density at radius 1 is 1.35 bits per heavy atom. The minimum atomic E-state index is -3.03. The van der Waals surface area contributed by atoms with E-state index in [0.717, 1.165) is 7.05 Å². The number of rotatable bonds is 4. The summed E-state index contributed by atoms with van der Waals surface area (Å²) in [7, 11) is 1.07. The van der Waals surface area contributed by atoms with E-state index < -0.39 is 111 Å². The maximum Gasteiger partial charge on any atom is 0.349 e. The molecule has 3 aliphatic heterocycles. The summed E-state index contributed by atoms with van der Waals surface area (Å²) in [5, 5.41) is 10.8. The molecular formula is C19H22NO4S2+. The summed E-state index contributed by atoms with van der Waals surface area (Å²) in [6, 6.07) is -7.65. The van der Waals surface area contributed by atoms with Gasteiger partial charge in [-0.15, -0.1) is 22.7 Å². The summed E-state index contributed by atoms with van der Waals surface area (Å²) in [5.41, 5.74) is -3.02. The number of quaternary nitrogens is 1. The van der Waals surface area contributed by atoms with Crippen LogP contribution >= 0.6 is 22.7 Å². The molecule has 3 saturated heterocycles. The van der Waals surface area contributed by atoms with E-state index >= 15 is 0 Å². The molecule has 0 spiro atoms. The van der Waals surface area contributed by atoms with Crippen LogP contribution in [0.2, 0.25) is 0 Å². The van der Waals surface area contributed by atoms with Crippen LogP contribution in [0.3, 0.4) is 0 Å². The molecule has 0 amide bonds. The number of thiophene rings is 2. The smallest absolute Gasteiger partial charge is 0.349 e. The second kappa shape index (κ2) is 5.62. The molecule has 3 aliphatic rings. The number of carbonyl (C=O) groups is 1. The largest absolute Gasteiger partial charge is 0.459 e. The first-order valence-corrected chi connectivity index (χ1v) is 9.37. The maximum absolute atomic E-state index is 13.7. The van der Waals surface area contributed by atoms with Crippen LogP contribution in [-0.2, 0) is 19.9 Å². The number of epoxide rings is 1. The molecule has 2 aromatic rings. The van der Waals surface area contributed by atoms with Gasteiger partial charge in [0.2, 0.25) is 5.60 Å². The van der Waals surface area contributed by atoms with Gasteiger partial charge in [0.15, 0.2) is 0 Å². The quantitative estimate of drug-likeness (QED) is 0.482. The van der Waals surface area contributed by atoms with Gasteiger partial charge in [0.25, 0.3) is 0 Å². The zero-order valence-electron chi connectivity index (χ0n) is 26.4. The lowest BCUT2D eigenvalue weighted by molar-refractivity contribution is -0.938. The highest BCUT2D eigenvalue weighted by atomic mass is 32.1. The predicted octanol–water partition coefficient (Wildman–Crippen LogP) is 2.35. The first kappa shape index (κ1) is 8.01. The molecule has 4 unspecified atom stereocenters. The highest BCUT2D eigenvalue weighted by Gasteiger charge is 2.71. The van der Waals surface area contributed by atoms with E-state index in [1.54, 1.807) is 0 Å². The van der Waals surface area contributed by atoms with Crippen molar-refractivity contribution in [2.75, 3.05) is 14.0 Å². The molecule has 5 rings (SSSR count). The van der Waals surface area contributed by atoms with Crippen molar-refractivity contribution in [1.82, 2.24) is 0 Å². The summed E-state index contributed by atoms with van der Waals surface area (Å²) in [6.45, 7) is -3.03. The number of esters is 1. The second-order valence-electron chi connectivity index (χ2n) is 6.37. The standard InChI is InChI=1S/C19H22NO4S2/c1-20(2)12-9-11(10-13(20)17-16(12)24-17)23-18(21)19(22,14-5-3-7-25-14)15-6-4-8-26-15/h3-8,11-13,16-17,22H,9-10H2,1-2H3/q+1/i1D3,3D,4D,5D,6D,7D,8D,12D,13D,16D,17D. The van der Waals surface area contributed by atoms with Crippen LogP contribution in [0.25, 0.3) is 0 Å². The van der Waals surface area contributed by atoms with E-state index in [1.807, 2.05) is 0 Å². The minimum absolute atomic E-state index is 0.388. The molecule has 5 nitrogen and oxygen atoms in total. The summed E-state index contributed by atoms with van der Waals surface area (Å²) in [5.74, 6) is -1.55. The van der Waals surface area contributed by atoms with Crippen molar-refractivity contribution < 1.29 is 41.7 Å². The topological polar surface area (TPSA) is 59.1 Å². The zero-order chi connectivity index (χ0) is 29.5. The number of ether oxygens (including phenoxy) is 2. The Bertz CT molecular complexity index is 1350. The van der Waals surface area contributed by atoms with E-state index in [4.69, 9.17) is 27.3 Å². The van der Waals surface area contributed by atoms with Crippen LogP contribution in [-0.4, -0.2) is 59.9 Å². The van der Waals surface area contributed by atoms with E-state index in [2.05, 4.69) is 0 Å². The molecule has 0 radical (unpaired) electrons. The van der Waals surface area contributed by atoms with Crippen molar-refractivity contribution in [2.45, 2.75) is 48.7 Å². The Balaban J connectivity index is 1.60. The molecule has 3 fully saturated rings. The third-order valence-corrected chi connectivity index (χ3v) is 6.41. The highest BCUT2D eigenvalue weighted by molar-refractivity contribution is 7.12. The van der Waals surface area contributed by atoms with E-state index in [0.29, 0.717) is 22.7 Å². The Morgan fingerprint density at radius 3 is 2.38 bits per heavy atom. The number of morpholine rings is 1. The van der Waals surface area contributed by atoms with Crippen LogP contribution in [0.5, 0.6) is 0 Å². The lowest BCUT2D eigenvalue weighted by Gasteiger charge is -2.45. The molecule has 0 saturated carbocycles. The number of fused-ring (bicyclic) bond motifs is 5. The average Bonchev–Trinajstić information content (AvgIpc) is 3.21. The molecule has 1 N–H and O–H groups in total. The van der Waals surface area contributed by atoms with Gasteiger partial charge in [0.1, 0.15) is 30.3 Å². The maximum atomic E-state index is 13.7. The van der Waals surface area contributed by atoms with Gasteiger partial charge in [-0.2, -0.15) is 0 Å². The zero-order valence-corrected chi connectivity index (χ0v) is 15.1. The molecule has 0 aromatic carbocycles. The summed E-state index contributed by atoms with van der Waals surface area (Å²) in [6.07, 6.45) is -7.72. The number of piperidine rings is 1. The molecule has 4 atom stereocenters. The highest BCUT2D eigenvalue weighted by Crippen LogP contribution is 2.52. The average molecular weight is 406 g/mol. The predicted molar refractivity (Wildman–Crippen MR) is 99.1 cm³/mol. The van der Waals surface area contributed by atoms with Crippen LogP contribution in [0, 0.1) is 0 Å². The third kappa shape index (κ3) is 2.28. The molecular weight excluding hydrogens is 370 g/mol. The molecule has 7 heteroatoms. The molecule has 0 aliphatic carbocycles. The fourth-order valence-electron chi connectivity index (χ4n) is 3.39. The number of hydrogen-bond donors (Lipinski definition) is 1. The number of carbonyl (C=O) groups excluding carboxylic acids is 1. The molecule has 5 heterocycles. The van der Waals surface area contributed by atoms with Crippen molar-refractivity contribution in [2.24, 2.45) is 0 Å². The van der Waals surface area contributed by atoms with Gasteiger partial charge in [-0.05, 0) is 22.8 Å². The second-order valence-corrected chi connectivity index (χ2v) is 8.01. The fourth-order valence-corrected chi connectivity index (χ4v) is 4.73. The minimum Gasteiger partial charge on any atom is -0.459 e. The van der Waals surface area contributed by atoms with Crippen molar-refractivity contribution in [3.63, 3.8) is 0 Å². The molecule has 26 heavy (non-hydrogen) atoms. The van der Waals surface area contributed by atoms with Gasteiger partial charge in [0.05, 0.1) is 41.6 Å². The van der Waals surface area contributed by atoms with Crippen molar-refractivity contribution in [1.29, 1.82) is 0 Å². The van der Waals surface area contributed by atoms with Crippen molar-refractivity contribution >= 4 is 28.6 Å². The number of hydrogen-bond acceptors (Lipinski definition) is 6. The van der Waals surface area contributed by atoms with Crippen LogP contribution in [0.4, 0.5) is 0 Å². The normalized spacial score (nSPS) is 57.0. The SMILES string of the molecule is [2H]c1sc(C(O)(C(=O)OC2CC3([2H])C4([2H])OC4([2H])C([2H])(C2)[N+]3(C)C([2H])([2H])[2H])c2sc([2H])c([2H])c2[2H])c([2H])c1[2H]. The van der Waals surface area contributed by atoms with Crippen molar-refractivity contribution in [3.05, 3.63) is 44.6 Å². The fraction of sp³-hybridized carbons (Fsp3) is 0.526. The van der Waals surface area contributed by atoms with Gasteiger partial charge >= 0.3 is 5.97 Å². The Morgan fingerprint density at radius 2 is 1.92 bits per heavy atom. The van der Waals surface area contributed by atoms with Gasteiger partial charge in [0, 0.05) is 12.8 Å². The number of nitrogens with zero attached hydrogens (tertiary/aromatic N) is 1. The van der Waals surface area contributed by atoms with Crippen LogP contribution < -0.4 is 0 Å². The Kier molecular flexibility index (Phi) is 1.73. The number of likely N-dealkylation sites (N-methyl/N-ethyl adjacent to an activating group) is 1. The van der Waals surface area contributed by atoms with Gasteiger partial charge in [-0.3, -0.25) is 0 Å². The Hall–Kier alpha value is -1.25. The first-order valence-electron chi connectivity index (χ1n) is 14.2. The number of aliphatic hydroxyl groups is 1. The van der Waals surface area contributed by atoms with Crippen LogP contribution in [0.15, 0.2) is 34.9 Å². The summed E-state index contributed by atoms with van der Waals surface area (Å²) in [4.78, 5) is 12.6. The lowest BCUT2D eigenvalue weighted by Crippen LogP contribution is -2.60. The Labute approximate surface area is 178 Å². The van der Waals surface area contributed by atoms with Gasteiger partial charge in [-0.25, -0.2) is 4.79 Å².